The van der Waals surface area contributed by atoms with Gasteiger partial charge in [-0.05, 0) is 42.2 Å². The molecule has 130 valence electrons. The first kappa shape index (κ1) is 15.2. The molecule has 0 amide bonds. The van der Waals surface area contributed by atoms with Crippen LogP contribution in [0.4, 0.5) is 0 Å². The minimum absolute atomic E-state index is 0.260. The molecule has 1 N–H and O–H groups in total. The molecule has 3 aliphatic rings. The Kier molecular flexibility index (Phi) is 3.32. The molecule has 1 aromatic heterocycles. The largest absolute Gasteiger partial charge is 0.478 e. The average Bonchev–Trinajstić information content (AvgIpc) is 3.24. The average molecular weight is 335 g/mol. The van der Waals surface area contributed by atoms with Crippen molar-refractivity contribution in [1.29, 1.82) is 0 Å². The highest BCUT2D eigenvalue weighted by atomic mass is 16.5. The zero-order chi connectivity index (χ0) is 17.1. The summed E-state index contributed by atoms with van der Waals surface area (Å²) in [6.45, 7) is 6.15. The fourth-order valence-corrected chi connectivity index (χ4v) is 4.56. The summed E-state index contributed by atoms with van der Waals surface area (Å²) in [6.07, 6.45) is 5.69. The summed E-state index contributed by atoms with van der Waals surface area (Å²) in [7, 11) is 2.23. The molecule has 4 heteroatoms. The Morgan fingerprint density at radius 3 is 3.00 bits per heavy atom. The molecule has 0 saturated carbocycles. The summed E-state index contributed by atoms with van der Waals surface area (Å²) in [5.41, 5.74) is 5.50. The lowest BCUT2D eigenvalue weighted by atomic mass is 9.80. The second-order valence-corrected chi connectivity index (χ2v) is 8.02. The lowest BCUT2D eigenvalue weighted by Crippen LogP contribution is -2.44. The van der Waals surface area contributed by atoms with E-state index < -0.39 is 0 Å². The molecular weight excluding hydrogens is 310 g/mol. The normalized spacial score (nSPS) is 28.7. The van der Waals surface area contributed by atoms with E-state index in [4.69, 9.17) is 9.73 Å². The number of benzene rings is 1. The van der Waals surface area contributed by atoms with Gasteiger partial charge in [-0.1, -0.05) is 32.1 Å². The number of hydrogen-bond acceptors (Lipinski definition) is 3. The predicted octanol–water partition coefficient (Wildman–Crippen LogP) is 3.49. The number of aliphatic imine (C=N–C) groups is 1. The Balaban J connectivity index is 1.59. The van der Waals surface area contributed by atoms with Crippen molar-refractivity contribution < 1.29 is 4.74 Å². The SMILES string of the molecule is CC(C)C1COC(C2C=C3c4cccc5[nH]cc(c45)CC3N(C)C2)=N1. The second kappa shape index (κ2) is 5.46. The number of rotatable bonds is 2. The van der Waals surface area contributed by atoms with Gasteiger partial charge in [-0.25, -0.2) is 4.99 Å². The van der Waals surface area contributed by atoms with Crippen molar-refractivity contribution in [3.63, 3.8) is 0 Å². The molecule has 0 radical (unpaired) electrons. The first-order valence-electron chi connectivity index (χ1n) is 9.33. The number of likely N-dealkylation sites (N-methyl/N-ethyl adjacent to an activating group) is 1. The van der Waals surface area contributed by atoms with Crippen molar-refractivity contribution >= 4 is 22.4 Å². The number of H-pyrrole nitrogens is 1. The van der Waals surface area contributed by atoms with Gasteiger partial charge in [0.25, 0.3) is 0 Å². The van der Waals surface area contributed by atoms with Gasteiger partial charge in [-0.15, -0.1) is 0 Å². The zero-order valence-corrected chi connectivity index (χ0v) is 15.1. The topological polar surface area (TPSA) is 40.6 Å². The van der Waals surface area contributed by atoms with Gasteiger partial charge in [0.15, 0.2) is 5.90 Å². The van der Waals surface area contributed by atoms with Gasteiger partial charge < -0.3 is 9.72 Å². The highest BCUT2D eigenvalue weighted by Gasteiger charge is 2.37. The maximum Gasteiger partial charge on any atom is 0.192 e. The highest BCUT2D eigenvalue weighted by molar-refractivity contribution is 5.99. The van der Waals surface area contributed by atoms with Gasteiger partial charge in [-0.2, -0.15) is 0 Å². The summed E-state index contributed by atoms with van der Waals surface area (Å²) in [4.78, 5) is 10.8. The lowest BCUT2D eigenvalue weighted by molar-refractivity contribution is 0.239. The number of aromatic nitrogens is 1. The molecule has 0 fully saturated rings. The summed E-state index contributed by atoms with van der Waals surface area (Å²) >= 11 is 0. The zero-order valence-electron chi connectivity index (χ0n) is 15.1. The Labute approximate surface area is 148 Å². The Morgan fingerprint density at radius 2 is 2.20 bits per heavy atom. The number of fused-ring (bicyclic) bond motifs is 2. The maximum atomic E-state index is 5.99. The third kappa shape index (κ3) is 2.27. The van der Waals surface area contributed by atoms with Crippen LogP contribution in [0.1, 0.15) is 25.0 Å². The van der Waals surface area contributed by atoms with Crippen LogP contribution in [0.15, 0.2) is 35.5 Å². The monoisotopic (exact) mass is 335 g/mol. The Hall–Kier alpha value is -2.07. The van der Waals surface area contributed by atoms with Crippen molar-refractivity contribution in [2.75, 3.05) is 20.2 Å². The minimum atomic E-state index is 0.260. The van der Waals surface area contributed by atoms with E-state index in [1.54, 1.807) is 0 Å². The molecule has 3 heterocycles. The van der Waals surface area contributed by atoms with Gasteiger partial charge in [0.05, 0.1) is 12.0 Å². The van der Waals surface area contributed by atoms with E-state index in [9.17, 15) is 0 Å². The second-order valence-electron chi connectivity index (χ2n) is 8.02. The van der Waals surface area contributed by atoms with E-state index in [0.29, 0.717) is 18.0 Å². The Morgan fingerprint density at radius 1 is 1.32 bits per heavy atom. The number of nitrogens with one attached hydrogen (secondary N) is 1. The highest BCUT2D eigenvalue weighted by Crippen LogP contribution is 2.41. The quantitative estimate of drug-likeness (QED) is 0.913. The van der Waals surface area contributed by atoms with Crippen molar-refractivity contribution in [1.82, 2.24) is 9.88 Å². The number of ether oxygens (including phenoxy) is 1. The van der Waals surface area contributed by atoms with Crippen LogP contribution >= 0.6 is 0 Å². The third-order valence-electron chi connectivity index (χ3n) is 6.05. The van der Waals surface area contributed by atoms with Crippen LogP contribution < -0.4 is 0 Å². The van der Waals surface area contributed by atoms with Crippen LogP contribution in [0, 0.1) is 11.8 Å². The molecule has 2 aromatic rings. The Bertz CT molecular complexity index is 892. The molecular formula is C21H25N3O. The molecule has 3 unspecified atom stereocenters. The van der Waals surface area contributed by atoms with Crippen LogP contribution in [0.5, 0.6) is 0 Å². The van der Waals surface area contributed by atoms with E-state index in [1.165, 1.54) is 27.6 Å². The number of hydrogen-bond donors (Lipinski definition) is 1. The molecule has 3 atom stereocenters. The third-order valence-corrected chi connectivity index (χ3v) is 6.05. The molecule has 1 aliphatic carbocycles. The molecule has 4 nitrogen and oxygen atoms in total. The minimum Gasteiger partial charge on any atom is -0.478 e. The van der Waals surface area contributed by atoms with Gasteiger partial charge >= 0.3 is 0 Å². The summed E-state index contributed by atoms with van der Waals surface area (Å²) in [5.74, 6) is 1.73. The molecule has 25 heavy (non-hydrogen) atoms. The first-order valence-corrected chi connectivity index (χ1v) is 9.33. The van der Waals surface area contributed by atoms with E-state index in [-0.39, 0.29) is 5.92 Å². The molecule has 5 rings (SSSR count). The fourth-order valence-electron chi connectivity index (χ4n) is 4.56. The number of aromatic amines is 1. The molecule has 0 bridgehead atoms. The van der Waals surface area contributed by atoms with Crippen LogP contribution in [0.3, 0.4) is 0 Å². The van der Waals surface area contributed by atoms with Gasteiger partial charge in [0.1, 0.15) is 6.61 Å². The van der Waals surface area contributed by atoms with E-state index in [2.05, 4.69) is 61.3 Å². The van der Waals surface area contributed by atoms with Crippen LogP contribution in [0.25, 0.3) is 16.5 Å². The molecule has 2 aliphatic heterocycles. The standard InChI is InChI=1S/C21H25N3O/c1-12(2)18-11-25-21(23-18)14-7-16-15-5-4-6-17-20(15)13(9-22-17)8-19(16)24(3)10-14/h4-7,9,12,14,18-19,22H,8,10-11H2,1-3H3. The van der Waals surface area contributed by atoms with Gasteiger partial charge in [-0.3, -0.25) is 4.90 Å². The van der Waals surface area contributed by atoms with E-state index >= 15 is 0 Å². The van der Waals surface area contributed by atoms with Gasteiger partial charge in [0.2, 0.25) is 0 Å². The van der Waals surface area contributed by atoms with Crippen molar-refractivity contribution in [2.45, 2.75) is 32.4 Å². The van der Waals surface area contributed by atoms with Crippen LogP contribution in [-0.2, 0) is 11.2 Å². The molecule has 1 aromatic carbocycles. The number of nitrogens with zero attached hydrogens (tertiary/aromatic N) is 2. The van der Waals surface area contributed by atoms with Crippen molar-refractivity contribution in [2.24, 2.45) is 16.8 Å². The molecule has 0 saturated heterocycles. The maximum absolute atomic E-state index is 5.99. The molecule has 0 spiro atoms. The van der Waals surface area contributed by atoms with Crippen molar-refractivity contribution in [3.8, 4) is 0 Å². The predicted molar refractivity (Wildman–Crippen MR) is 102 cm³/mol. The fraction of sp³-hybridized carbons (Fsp3) is 0.476. The summed E-state index contributed by atoms with van der Waals surface area (Å²) in [5, 5.41) is 1.40. The summed E-state index contributed by atoms with van der Waals surface area (Å²) in [6, 6.07) is 7.35. The van der Waals surface area contributed by atoms with E-state index in [1.807, 2.05) is 0 Å². The summed E-state index contributed by atoms with van der Waals surface area (Å²) < 4.78 is 5.99. The van der Waals surface area contributed by atoms with Gasteiger partial charge in [0, 0.05) is 29.7 Å². The van der Waals surface area contributed by atoms with Crippen LogP contribution in [0.2, 0.25) is 0 Å². The first-order chi connectivity index (χ1) is 12.1. The lowest BCUT2D eigenvalue weighted by Gasteiger charge is -2.39. The smallest absolute Gasteiger partial charge is 0.192 e. The van der Waals surface area contributed by atoms with Crippen LogP contribution in [-0.4, -0.2) is 48.1 Å². The van der Waals surface area contributed by atoms with E-state index in [0.717, 1.165) is 25.5 Å². The van der Waals surface area contributed by atoms with Crippen molar-refractivity contribution in [3.05, 3.63) is 41.6 Å².